The van der Waals surface area contributed by atoms with Gasteiger partial charge < -0.3 is 10.1 Å². The number of urea groups is 1. The minimum atomic E-state index is -1.11. The number of imide groups is 1. The Morgan fingerprint density at radius 1 is 1.14 bits per heavy atom. The molecule has 0 spiro atoms. The molecular formula is C21H27N3O4. The smallest absolute Gasteiger partial charge is 0.339 e. The van der Waals surface area contributed by atoms with Crippen molar-refractivity contribution in [3.8, 4) is 0 Å². The molecule has 7 nitrogen and oxygen atoms in total. The van der Waals surface area contributed by atoms with Crippen molar-refractivity contribution in [3.63, 3.8) is 0 Å². The highest BCUT2D eigenvalue weighted by molar-refractivity contribution is 6.06. The molecule has 1 heterocycles. The number of aryl methyl sites for hydroxylation is 1. The lowest BCUT2D eigenvalue weighted by Gasteiger charge is -2.18. The van der Waals surface area contributed by atoms with Crippen molar-refractivity contribution in [3.05, 3.63) is 41.1 Å². The van der Waals surface area contributed by atoms with Crippen molar-refractivity contribution in [2.24, 2.45) is 0 Å². The van der Waals surface area contributed by atoms with E-state index in [1.807, 2.05) is 31.2 Å². The van der Waals surface area contributed by atoms with Gasteiger partial charge in [0.15, 0.2) is 6.10 Å². The zero-order chi connectivity index (χ0) is 20.7. The van der Waals surface area contributed by atoms with Gasteiger partial charge in [-0.25, -0.2) is 9.59 Å². The van der Waals surface area contributed by atoms with Gasteiger partial charge in [-0.2, -0.15) is 0 Å². The number of ether oxygens (including phenoxy) is 1. The van der Waals surface area contributed by atoms with Crippen LogP contribution in [0.15, 0.2) is 24.3 Å². The SMILES string of the molecule is CCCc1nc2ccccc2c(C(=O)O[C@H](C)C(=O)NC(=O)NCC)c1CC. The fourth-order valence-corrected chi connectivity index (χ4v) is 3.05. The van der Waals surface area contributed by atoms with Crippen molar-refractivity contribution < 1.29 is 19.1 Å². The molecule has 0 aliphatic heterocycles. The molecule has 1 atom stereocenters. The van der Waals surface area contributed by atoms with Crippen LogP contribution in [0.4, 0.5) is 4.79 Å². The Morgan fingerprint density at radius 2 is 1.86 bits per heavy atom. The van der Waals surface area contributed by atoms with Crippen LogP contribution >= 0.6 is 0 Å². The Hall–Kier alpha value is -2.96. The molecule has 0 fully saturated rings. The van der Waals surface area contributed by atoms with Crippen molar-refractivity contribution >= 4 is 28.8 Å². The topological polar surface area (TPSA) is 97.4 Å². The molecule has 1 aromatic heterocycles. The number of fused-ring (bicyclic) bond motifs is 1. The number of nitrogens with one attached hydrogen (secondary N) is 2. The third-order valence-corrected chi connectivity index (χ3v) is 4.35. The molecule has 0 saturated heterocycles. The molecule has 0 unspecified atom stereocenters. The molecule has 0 radical (unpaired) electrons. The summed E-state index contributed by atoms with van der Waals surface area (Å²) in [5, 5.41) is 5.31. The second-order valence-electron chi connectivity index (χ2n) is 6.43. The van der Waals surface area contributed by atoms with E-state index in [1.165, 1.54) is 6.92 Å². The number of nitrogens with zero attached hydrogens (tertiary/aromatic N) is 1. The van der Waals surface area contributed by atoms with Crippen LogP contribution in [-0.2, 0) is 22.4 Å². The molecule has 28 heavy (non-hydrogen) atoms. The Bertz CT molecular complexity index is 879. The summed E-state index contributed by atoms with van der Waals surface area (Å²) in [5.74, 6) is -1.27. The molecule has 2 N–H and O–H groups in total. The molecule has 7 heteroatoms. The fourth-order valence-electron chi connectivity index (χ4n) is 3.05. The number of hydrogen-bond donors (Lipinski definition) is 2. The largest absolute Gasteiger partial charge is 0.449 e. The van der Waals surface area contributed by atoms with Crippen molar-refractivity contribution in [2.45, 2.75) is 53.1 Å². The normalized spacial score (nSPS) is 11.7. The minimum Gasteiger partial charge on any atom is -0.449 e. The highest BCUT2D eigenvalue weighted by Gasteiger charge is 2.25. The number of amides is 3. The van der Waals surface area contributed by atoms with Gasteiger partial charge in [0.2, 0.25) is 0 Å². The van der Waals surface area contributed by atoms with Crippen LogP contribution in [0.5, 0.6) is 0 Å². The maximum atomic E-state index is 13.0. The predicted octanol–water partition coefficient (Wildman–Crippen LogP) is 3.14. The van der Waals surface area contributed by atoms with E-state index < -0.39 is 24.0 Å². The first-order valence-corrected chi connectivity index (χ1v) is 9.62. The Morgan fingerprint density at radius 3 is 2.50 bits per heavy atom. The number of pyridine rings is 1. The standard InChI is InChI=1S/C21H27N3O4/c1-5-10-16-14(6-2)18(15-11-8-9-12-17(15)23-16)20(26)28-13(4)19(25)24-21(27)22-7-3/h8-9,11-13H,5-7,10H2,1-4H3,(H2,22,24,25,27)/t13-/m1/s1. The highest BCUT2D eigenvalue weighted by atomic mass is 16.5. The zero-order valence-corrected chi connectivity index (χ0v) is 16.8. The van der Waals surface area contributed by atoms with Gasteiger partial charge in [0.25, 0.3) is 5.91 Å². The first-order valence-electron chi connectivity index (χ1n) is 9.62. The monoisotopic (exact) mass is 385 g/mol. The lowest BCUT2D eigenvalue weighted by Crippen LogP contribution is -2.44. The second kappa shape index (κ2) is 9.82. The zero-order valence-electron chi connectivity index (χ0n) is 16.8. The number of para-hydroxylation sites is 1. The Balaban J connectivity index is 2.36. The second-order valence-corrected chi connectivity index (χ2v) is 6.43. The number of carbonyl (C=O) groups excluding carboxylic acids is 3. The molecule has 0 aliphatic rings. The first-order chi connectivity index (χ1) is 13.4. The number of benzene rings is 1. The van der Waals surface area contributed by atoms with Crippen molar-refractivity contribution in [1.82, 2.24) is 15.6 Å². The number of hydrogen-bond acceptors (Lipinski definition) is 5. The first kappa shape index (κ1) is 21.3. The molecule has 0 aliphatic carbocycles. The van der Waals surface area contributed by atoms with Crippen molar-refractivity contribution in [2.75, 3.05) is 6.54 Å². The number of esters is 1. The fraction of sp³-hybridized carbons (Fsp3) is 0.429. The highest BCUT2D eigenvalue weighted by Crippen LogP contribution is 2.26. The van der Waals surface area contributed by atoms with Gasteiger partial charge in [-0.15, -0.1) is 0 Å². The van der Waals surface area contributed by atoms with E-state index in [-0.39, 0.29) is 0 Å². The quantitative estimate of drug-likeness (QED) is 0.714. The maximum Gasteiger partial charge on any atom is 0.339 e. The number of carbonyl (C=O) groups is 3. The van der Waals surface area contributed by atoms with Crippen molar-refractivity contribution in [1.29, 1.82) is 0 Å². The van der Waals surface area contributed by atoms with E-state index in [1.54, 1.807) is 6.92 Å². The van der Waals surface area contributed by atoms with Gasteiger partial charge in [-0.1, -0.05) is 38.5 Å². The van der Waals surface area contributed by atoms with E-state index >= 15 is 0 Å². The van der Waals surface area contributed by atoms with E-state index in [2.05, 4.69) is 17.6 Å². The summed E-state index contributed by atoms with van der Waals surface area (Å²) in [4.78, 5) is 41.3. The Kier molecular flexibility index (Phi) is 7.49. The lowest BCUT2D eigenvalue weighted by molar-refractivity contribution is -0.127. The molecule has 2 aromatic rings. The van der Waals surface area contributed by atoms with Crippen LogP contribution in [0.3, 0.4) is 0 Å². The van der Waals surface area contributed by atoms with E-state index in [4.69, 9.17) is 9.72 Å². The summed E-state index contributed by atoms with van der Waals surface area (Å²) >= 11 is 0. The summed E-state index contributed by atoms with van der Waals surface area (Å²) < 4.78 is 5.40. The third kappa shape index (κ3) is 4.85. The average Bonchev–Trinajstić information content (AvgIpc) is 2.67. The van der Waals surface area contributed by atoms with E-state index in [0.29, 0.717) is 23.9 Å². The van der Waals surface area contributed by atoms with E-state index in [9.17, 15) is 14.4 Å². The molecular weight excluding hydrogens is 358 g/mol. The van der Waals surface area contributed by atoms with Crippen LogP contribution in [0, 0.1) is 0 Å². The van der Waals surface area contributed by atoms with Crippen LogP contribution in [0.25, 0.3) is 10.9 Å². The Labute approximate surface area is 164 Å². The van der Waals surface area contributed by atoms with Gasteiger partial charge in [0, 0.05) is 17.6 Å². The predicted molar refractivity (Wildman–Crippen MR) is 107 cm³/mol. The summed E-state index contributed by atoms with van der Waals surface area (Å²) in [6.07, 6.45) is 1.16. The molecule has 0 bridgehead atoms. The average molecular weight is 385 g/mol. The van der Waals surface area contributed by atoms with Gasteiger partial charge in [0.05, 0.1) is 11.1 Å². The van der Waals surface area contributed by atoms with Gasteiger partial charge >= 0.3 is 12.0 Å². The summed E-state index contributed by atoms with van der Waals surface area (Å²) in [6, 6.07) is 6.77. The van der Waals surface area contributed by atoms with Crippen LogP contribution in [-0.4, -0.2) is 35.5 Å². The maximum absolute atomic E-state index is 13.0. The number of aromatic nitrogens is 1. The molecule has 1 aromatic carbocycles. The molecule has 3 amide bonds. The third-order valence-electron chi connectivity index (χ3n) is 4.35. The molecule has 0 saturated carbocycles. The summed E-state index contributed by atoms with van der Waals surface area (Å²) in [5.41, 5.74) is 2.86. The van der Waals surface area contributed by atoms with Gasteiger partial charge in [-0.05, 0) is 38.3 Å². The summed E-state index contributed by atoms with van der Waals surface area (Å²) in [7, 11) is 0. The van der Waals surface area contributed by atoms with Gasteiger partial charge in [0.1, 0.15) is 0 Å². The van der Waals surface area contributed by atoms with E-state index in [0.717, 1.165) is 29.6 Å². The lowest BCUT2D eigenvalue weighted by atomic mass is 9.96. The van der Waals surface area contributed by atoms with Crippen LogP contribution in [0.1, 0.15) is 55.7 Å². The van der Waals surface area contributed by atoms with Crippen LogP contribution < -0.4 is 10.6 Å². The molecule has 2 rings (SSSR count). The molecule has 150 valence electrons. The van der Waals surface area contributed by atoms with Gasteiger partial charge in [-0.3, -0.25) is 15.1 Å². The minimum absolute atomic E-state index is 0.385. The summed E-state index contributed by atoms with van der Waals surface area (Å²) in [6.45, 7) is 7.59. The number of rotatable bonds is 7. The van der Waals surface area contributed by atoms with Crippen LogP contribution in [0.2, 0.25) is 0 Å².